The third-order valence-corrected chi connectivity index (χ3v) is 2.83. The lowest BCUT2D eigenvalue weighted by molar-refractivity contribution is 0.118. The van der Waals surface area contributed by atoms with Gasteiger partial charge in [0.2, 0.25) is 0 Å². The van der Waals surface area contributed by atoms with Gasteiger partial charge in [-0.1, -0.05) is 6.07 Å². The highest BCUT2D eigenvalue weighted by Gasteiger charge is 2.14. The predicted octanol–water partition coefficient (Wildman–Crippen LogP) is 2.72. The van der Waals surface area contributed by atoms with Gasteiger partial charge in [0.05, 0.1) is 0 Å². The summed E-state index contributed by atoms with van der Waals surface area (Å²) in [6.45, 7) is 6.10. The molecular formula is C16H21N3O3. The molecule has 118 valence electrons. The number of nitrogens with one attached hydrogen (secondary N) is 1. The van der Waals surface area contributed by atoms with Gasteiger partial charge in [-0.05, 0) is 44.4 Å². The molecule has 1 heterocycles. The molecule has 3 N–H and O–H groups in total. The standard InChI is InChI=1S/C16H21N3O3/c1-16(2,3)19-15(20)22-9-8-21-12-5-4-11-6-7-18-14(17)13(11)10-12/h4-7,10H,8-9H2,1-3H3,(H2,17,18)(H,19,20). The molecule has 0 aliphatic heterocycles. The van der Waals surface area contributed by atoms with Crippen LogP contribution in [0, 0.1) is 0 Å². The van der Waals surface area contributed by atoms with Crippen molar-refractivity contribution in [1.29, 1.82) is 0 Å². The summed E-state index contributed by atoms with van der Waals surface area (Å²) in [5, 5.41) is 4.55. The Hall–Kier alpha value is -2.50. The average molecular weight is 303 g/mol. The summed E-state index contributed by atoms with van der Waals surface area (Å²) in [6.07, 6.45) is 1.21. The summed E-state index contributed by atoms with van der Waals surface area (Å²) in [6, 6.07) is 7.47. The van der Waals surface area contributed by atoms with Crippen LogP contribution in [0.3, 0.4) is 0 Å². The number of anilines is 1. The first kappa shape index (κ1) is 15.9. The van der Waals surface area contributed by atoms with Crippen LogP contribution in [0.4, 0.5) is 10.6 Å². The van der Waals surface area contributed by atoms with Crippen molar-refractivity contribution >= 4 is 22.7 Å². The molecular weight excluding hydrogens is 282 g/mol. The maximum Gasteiger partial charge on any atom is 0.407 e. The molecule has 6 heteroatoms. The van der Waals surface area contributed by atoms with Crippen LogP contribution in [0.2, 0.25) is 0 Å². The van der Waals surface area contributed by atoms with Crippen molar-refractivity contribution < 1.29 is 14.3 Å². The highest BCUT2D eigenvalue weighted by atomic mass is 16.6. The molecule has 0 unspecified atom stereocenters. The molecule has 6 nitrogen and oxygen atoms in total. The number of nitrogens with zero attached hydrogens (tertiary/aromatic N) is 1. The van der Waals surface area contributed by atoms with Gasteiger partial charge in [-0.25, -0.2) is 9.78 Å². The number of pyridine rings is 1. The largest absolute Gasteiger partial charge is 0.490 e. The number of hydrogen-bond acceptors (Lipinski definition) is 5. The third-order valence-electron chi connectivity index (χ3n) is 2.83. The number of benzene rings is 1. The van der Waals surface area contributed by atoms with Crippen LogP contribution >= 0.6 is 0 Å². The topological polar surface area (TPSA) is 86.5 Å². The normalized spacial score (nSPS) is 11.2. The van der Waals surface area contributed by atoms with Gasteiger partial charge in [-0.15, -0.1) is 0 Å². The van der Waals surface area contributed by atoms with Gasteiger partial charge in [-0.2, -0.15) is 0 Å². The number of ether oxygens (including phenoxy) is 2. The van der Waals surface area contributed by atoms with Gasteiger partial charge in [0, 0.05) is 17.1 Å². The second kappa shape index (κ2) is 6.51. The van der Waals surface area contributed by atoms with E-state index in [0.717, 1.165) is 10.8 Å². The molecule has 22 heavy (non-hydrogen) atoms. The first-order valence-electron chi connectivity index (χ1n) is 7.07. The zero-order chi connectivity index (χ0) is 16.2. The Morgan fingerprint density at radius 2 is 2.05 bits per heavy atom. The van der Waals surface area contributed by atoms with Gasteiger partial charge in [0.1, 0.15) is 24.8 Å². The molecule has 0 fully saturated rings. The number of carbonyl (C=O) groups excluding carboxylic acids is 1. The minimum atomic E-state index is -0.456. The molecule has 0 saturated heterocycles. The number of aromatic nitrogens is 1. The summed E-state index contributed by atoms with van der Waals surface area (Å²) in [4.78, 5) is 15.5. The first-order valence-corrected chi connectivity index (χ1v) is 7.07. The molecule has 0 bridgehead atoms. The zero-order valence-corrected chi connectivity index (χ0v) is 13.1. The molecule has 0 spiro atoms. The van der Waals surface area contributed by atoms with Crippen LogP contribution in [-0.2, 0) is 4.74 Å². The smallest absolute Gasteiger partial charge is 0.407 e. The summed E-state index contributed by atoms with van der Waals surface area (Å²) in [7, 11) is 0. The van der Waals surface area contributed by atoms with Gasteiger partial charge >= 0.3 is 6.09 Å². The minimum Gasteiger partial charge on any atom is -0.490 e. The van der Waals surface area contributed by atoms with E-state index in [-0.39, 0.29) is 18.8 Å². The Kier molecular flexibility index (Phi) is 4.70. The fraction of sp³-hybridized carbons (Fsp3) is 0.375. The van der Waals surface area contributed by atoms with E-state index in [9.17, 15) is 4.79 Å². The van der Waals surface area contributed by atoms with Gasteiger partial charge in [-0.3, -0.25) is 0 Å². The van der Waals surface area contributed by atoms with Crippen LogP contribution in [0.15, 0.2) is 30.5 Å². The van der Waals surface area contributed by atoms with Crippen molar-refractivity contribution in [3.05, 3.63) is 30.5 Å². The first-order chi connectivity index (χ1) is 10.3. The second-order valence-corrected chi connectivity index (χ2v) is 5.94. The fourth-order valence-electron chi connectivity index (χ4n) is 1.90. The zero-order valence-electron chi connectivity index (χ0n) is 13.1. The van der Waals surface area contributed by atoms with Gasteiger partial charge < -0.3 is 20.5 Å². The number of hydrogen-bond donors (Lipinski definition) is 2. The summed E-state index contributed by atoms with van der Waals surface area (Å²) < 4.78 is 10.6. The van der Waals surface area contributed by atoms with E-state index >= 15 is 0 Å². The Labute approximate surface area is 129 Å². The summed E-state index contributed by atoms with van der Waals surface area (Å²) >= 11 is 0. The molecule has 1 aromatic carbocycles. The van der Waals surface area contributed by atoms with E-state index in [1.807, 2.05) is 45.0 Å². The van der Waals surface area contributed by atoms with Crippen molar-refractivity contribution in [2.24, 2.45) is 0 Å². The quantitative estimate of drug-likeness (QED) is 0.848. The van der Waals surface area contributed by atoms with Crippen LogP contribution < -0.4 is 15.8 Å². The summed E-state index contributed by atoms with van der Waals surface area (Å²) in [5.41, 5.74) is 5.52. The number of carbonyl (C=O) groups is 1. The Morgan fingerprint density at radius 1 is 1.27 bits per heavy atom. The van der Waals surface area contributed by atoms with E-state index in [2.05, 4.69) is 10.3 Å². The van der Waals surface area contributed by atoms with Gasteiger partial charge in [0.15, 0.2) is 0 Å². The number of nitrogens with two attached hydrogens (primary N) is 1. The molecule has 0 atom stereocenters. The number of fused-ring (bicyclic) bond motifs is 1. The summed E-state index contributed by atoms with van der Waals surface area (Å²) in [5.74, 6) is 1.12. The van der Waals surface area contributed by atoms with Crippen LogP contribution in [-0.4, -0.2) is 29.8 Å². The number of nitrogen functional groups attached to an aromatic ring is 1. The third kappa shape index (κ3) is 4.51. The van der Waals surface area contributed by atoms with Crippen molar-refractivity contribution in [1.82, 2.24) is 10.3 Å². The van der Waals surface area contributed by atoms with Crippen molar-refractivity contribution in [2.45, 2.75) is 26.3 Å². The molecule has 0 aliphatic carbocycles. The molecule has 0 aliphatic rings. The molecule has 2 aromatic rings. The Bertz CT molecular complexity index is 665. The fourth-order valence-corrected chi connectivity index (χ4v) is 1.90. The Morgan fingerprint density at radius 3 is 2.77 bits per heavy atom. The highest BCUT2D eigenvalue weighted by molar-refractivity contribution is 5.91. The molecule has 0 radical (unpaired) electrons. The lowest BCUT2D eigenvalue weighted by atomic mass is 10.1. The lowest BCUT2D eigenvalue weighted by Gasteiger charge is -2.19. The lowest BCUT2D eigenvalue weighted by Crippen LogP contribution is -2.41. The van der Waals surface area contributed by atoms with Crippen molar-refractivity contribution in [3.8, 4) is 5.75 Å². The Balaban J connectivity index is 1.85. The van der Waals surface area contributed by atoms with Crippen LogP contribution in [0.1, 0.15) is 20.8 Å². The van der Waals surface area contributed by atoms with Crippen LogP contribution in [0.25, 0.3) is 10.8 Å². The second-order valence-electron chi connectivity index (χ2n) is 5.94. The SMILES string of the molecule is CC(C)(C)NC(=O)OCCOc1ccc2ccnc(N)c2c1. The highest BCUT2D eigenvalue weighted by Crippen LogP contribution is 2.23. The maximum absolute atomic E-state index is 11.5. The molecule has 2 rings (SSSR count). The van der Waals surface area contributed by atoms with Crippen molar-refractivity contribution in [2.75, 3.05) is 18.9 Å². The molecule has 1 amide bonds. The van der Waals surface area contributed by atoms with E-state index < -0.39 is 6.09 Å². The van der Waals surface area contributed by atoms with E-state index in [0.29, 0.717) is 11.6 Å². The number of amides is 1. The predicted molar refractivity (Wildman–Crippen MR) is 85.9 cm³/mol. The van der Waals surface area contributed by atoms with Crippen molar-refractivity contribution in [3.63, 3.8) is 0 Å². The van der Waals surface area contributed by atoms with E-state index in [1.165, 1.54) is 0 Å². The average Bonchev–Trinajstić information content (AvgIpc) is 2.42. The number of rotatable bonds is 4. The van der Waals surface area contributed by atoms with E-state index in [4.69, 9.17) is 15.2 Å². The van der Waals surface area contributed by atoms with Crippen LogP contribution in [0.5, 0.6) is 5.75 Å². The molecule has 1 aromatic heterocycles. The van der Waals surface area contributed by atoms with Gasteiger partial charge in [0.25, 0.3) is 0 Å². The maximum atomic E-state index is 11.5. The minimum absolute atomic E-state index is 0.169. The van der Waals surface area contributed by atoms with E-state index in [1.54, 1.807) is 6.20 Å². The monoisotopic (exact) mass is 303 g/mol. The number of alkyl carbamates (subject to hydrolysis) is 1. The molecule has 0 saturated carbocycles.